The van der Waals surface area contributed by atoms with Crippen LogP contribution in [0.4, 0.5) is 0 Å². The summed E-state index contributed by atoms with van der Waals surface area (Å²) in [6.45, 7) is 8.78. The van der Waals surface area contributed by atoms with E-state index in [1.165, 1.54) is 0 Å². The maximum absolute atomic E-state index is 11.9. The van der Waals surface area contributed by atoms with Gasteiger partial charge in [0.1, 0.15) is 0 Å². The average Bonchev–Trinajstić information content (AvgIpc) is 2.15. The van der Waals surface area contributed by atoms with Crippen molar-refractivity contribution in [3.8, 4) is 0 Å². The van der Waals surface area contributed by atoms with Gasteiger partial charge in [0.15, 0.2) is 5.78 Å². The molecular weight excluding hydrogens is 188 g/mol. The van der Waals surface area contributed by atoms with E-state index in [2.05, 4.69) is 19.2 Å². The summed E-state index contributed by atoms with van der Waals surface area (Å²) in [5.74, 6) is 0.299. The average molecular weight is 214 g/mol. The van der Waals surface area contributed by atoms with E-state index < -0.39 is 0 Å². The Morgan fingerprint density at radius 3 is 2.40 bits per heavy atom. The van der Waals surface area contributed by atoms with Crippen LogP contribution in [0.1, 0.15) is 53.4 Å². The fraction of sp³-hybridized carbons (Fsp3) is 0.917. The normalized spacial score (nSPS) is 15.3. The molecule has 0 rings (SSSR count). The van der Waals surface area contributed by atoms with Gasteiger partial charge in [0, 0.05) is 12.5 Å². The molecule has 0 radical (unpaired) electrons. The predicted molar refractivity (Wildman–Crippen MR) is 64.9 cm³/mol. The topological polar surface area (TPSA) is 55.1 Å². The van der Waals surface area contributed by atoms with Crippen LogP contribution in [-0.2, 0) is 4.79 Å². The fourth-order valence-electron chi connectivity index (χ4n) is 1.94. The van der Waals surface area contributed by atoms with Crippen LogP contribution < -0.4 is 11.1 Å². The lowest BCUT2D eigenvalue weighted by Crippen LogP contribution is -2.52. The Morgan fingerprint density at radius 2 is 2.00 bits per heavy atom. The molecule has 0 saturated carbocycles. The van der Waals surface area contributed by atoms with E-state index in [-0.39, 0.29) is 5.54 Å². The Kier molecular flexibility index (Phi) is 6.77. The Bertz CT molecular complexity index is 192. The van der Waals surface area contributed by atoms with Gasteiger partial charge >= 0.3 is 0 Å². The van der Waals surface area contributed by atoms with Gasteiger partial charge in [-0.25, -0.2) is 0 Å². The number of rotatable bonds is 8. The lowest BCUT2D eigenvalue weighted by Gasteiger charge is -2.31. The zero-order chi connectivity index (χ0) is 11.9. The Hall–Kier alpha value is -0.410. The molecule has 0 aliphatic carbocycles. The van der Waals surface area contributed by atoms with E-state index in [4.69, 9.17) is 5.73 Å². The number of Topliss-reactive ketones (excluding diaryl/α,β-unsaturated/α-hetero) is 1. The molecule has 15 heavy (non-hydrogen) atoms. The zero-order valence-electron chi connectivity index (χ0n) is 10.6. The van der Waals surface area contributed by atoms with E-state index in [9.17, 15) is 4.79 Å². The van der Waals surface area contributed by atoms with Crippen molar-refractivity contribution in [3.05, 3.63) is 0 Å². The third-order valence-corrected chi connectivity index (χ3v) is 2.67. The van der Waals surface area contributed by atoms with Crippen LogP contribution in [0, 0.1) is 0 Å². The first-order valence-corrected chi connectivity index (χ1v) is 5.97. The molecule has 1 atom stereocenters. The van der Waals surface area contributed by atoms with Crippen molar-refractivity contribution in [2.75, 3.05) is 6.54 Å². The summed E-state index contributed by atoms with van der Waals surface area (Å²) in [5.41, 5.74) is 5.10. The molecule has 0 aromatic rings. The van der Waals surface area contributed by atoms with Gasteiger partial charge in [-0.05, 0) is 46.6 Å². The van der Waals surface area contributed by atoms with Gasteiger partial charge in [-0.2, -0.15) is 0 Å². The number of nitrogens with two attached hydrogens (primary N) is 1. The van der Waals surface area contributed by atoms with Crippen molar-refractivity contribution in [1.82, 2.24) is 5.32 Å². The predicted octanol–water partition coefficient (Wildman–Crippen LogP) is 1.85. The number of hydrogen-bond donors (Lipinski definition) is 2. The van der Waals surface area contributed by atoms with Crippen LogP contribution in [0.5, 0.6) is 0 Å². The molecule has 1 unspecified atom stereocenters. The minimum absolute atomic E-state index is 0.299. The van der Waals surface area contributed by atoms with Gasteiger partial charge in [0.05, 0.1) is 5.54 Å². The number of hydrogen-bond acceptors (Lipinski definition) is 3. The molecule has 0 amide bonds. The maximum Gasteiger partial charge on any atom is 0.152 e. The minimum Gasteiger partial charge on any atom is -0.330 e. The summed E-state index contributed by atoms with van der Waals surface area (Å²) in [4.78, 5) is 11.9. The first kappa shape index (κ1) is 14.6. The highest BCUT2D eigenvalue weighted by Crippen LogP contribution is 2.17. The lowest BCUT2D eigenvalue weighted by atomic mass is 9.88. The van der Waals surface area contributed by atoms with Crippen molar-refractivity contribution in [1.29, 1.82) is 0 Å². The molecule has 0 aromatic heterocycles. The monoisotopic (exact) mass is 214 g/mol. The second kappa shape index (κ2) is 6.96. The summed E-state index contributed by atoms with van der Waals surface area (Å²) in [7, 11) is 0. The van der Waals surface area contributed by atoms with Gasteiger partial charge in [-0.3, -0.25) is 4.79 Å². The molecule has 3 nitrogen and oxygen atoms in total. The quantitative estimate of drug-likeness (QED) is 0.606. The summed E-state index contributed by atoms with van der Waals surface area (Å²) < 4.78 is 0. The number of ketones is 1. The van der Waals surface area contributed by atoms with E-state index in [0.29, 0.717) is 24.8 Å². The molecule has 3 N–H and O–H groups in total. The summed E-state index contributed by atoms with van der Waals surface area (Å²) >= 11 is 0. The minimum atomic E-state index is -0.363. The Labute approximate surface area is 93.8 Å². The molecule has 3 heteroatoms. The van der Waals surface area contributed by atoms with Crippen LogP contribution >= 0.6 is 0 Å². The highest BCUT2D eigenvalue weighted by atomic mass is 16.1. The van der Waals surface area contributed by atoms with Gasteiger partial charge < -0.3 is 11.1 Å². The summed E-state index contributed by atoms with van der Waals surface area (Å²) in [5, 5.41) is 3.38. The van der Waals surface area contributed by atoms with E-state index in [1.807, 2.05) is 13.8 Å². The molecule has 0 aliphatic rings. The highest BCUT2D eigenvalue weighted by Gasteiger charge is 2.30. The van der Waals surface area contributed by atoms with Crippen molar-refractivity contribution in [3.63, 3.8) is 0 Å². The second-order valence-corrected chi connectivity index (χ2v) is 4.65. The van der Waals surface area contributed by atoms with Gasteiger partial charge in [-0.1, -0.05) is 6.92 Å². The first-order chi connectivity index (χ1) is 6.96. The van der Waals surface area contributed by atoms with Crippen LogP contribution in [-0.4, -0.2) is 23.9 Å². The third kappa shape index (κ3) is 5.28. The molecule has 0 bridgehead atoms. The Morgan fingerprint density at radius 1 is 1.40 bits per heavy atom. The zero-order valence-corrected chi connectivity index (χ0v) is 10.6. The molecule has 0 aromatic carbocycles. The van der Waals surface area contributed by atoms with E-state index in [1.54, 1.807) is 0 Å². The SMILES string of the molecule is CCC(=O)C(C)(CCCCN)NC(C)C. The van der Waals surface area contributed by atoms with Gasteiger partial charge in [-0.15, -0.1) is 0 Å². The molecule has 0 aliphatic heterocycles. The van der Waals surface area contributed by atoms with Crippen molar-refractivity contribution >= 4 is 5.78 Å². The molecule has 0 fully saturated rings. The summed E-state index contributed by atoms with van der Waals surface area (Å²) in [6, 6.07) is 0.336. The molecule has 0 heterocycles. The molecule has 0 saturated heterocycles. The van der Waals surface area contributed by atoms with E-state index >= 15 is 0 Å². The fourth-order valence-corrected chi connectivity index (χ4v) is 1.94. The Balaban J connectivity index is 4.33. The van der Waals surface area contributed by atoms with Crippen LogP contribution in [0.2, 0.25) is 0 Å². The van der Waals surface area contributed by atoms with Gasteiger partial charge in [0.2, 0.25) is 0 Å². The van der Waals surface area contributed by atoms with E-state index in [0.717, 1.165) is 19.3 Å². The van der Waals surface area contributed by atoms with Crippen LogP contribution in [0.25, 0.3) is 0 Å². The molecule has 90 valence electrons. The highest BCUT2D eigenvalue weighted by molar-refractivity contribution is 5.87. The summed E-state index contributed by atoms with van der Waals surface area (Å²) in [6.07, 6.45) is 3.48. The number of carbonyl (C=O) groups is 1. The largest absolute Gasteiger partial charge is 0.330 e. The van der Waals surface area contributed by atoms with Crippen molar-refractivity contribution in [2.24, 2.45) is 5.73 Å². The lowest BCUT2D eigenvalue weighted by molar-refractivity contribution is -0.125. The maximum atomic E-state index is 11.9. The van der Waals surface area contributed by atoms with Crippen molar-refractivity contribution in [2.45, 2.75) is 65.0 Å². The smallest absolute Gasteiger partial charge is 0.152 e. The van der Waals surface area contributed by atoms with Crippen molar-refractivity contribution < 1.29 is 4.79 Å². The molecule has 0 spiro atoms. The molecular formula is C12H26N2O. The van der Waals surface area contributed by atoms with Crippen LogP contribution in [0.15, 0.2) is 0 Å². The second-order valence-electron chi connectivity index (χ2n) is 4.65. The number of unbranched alkanes of at least 4 members (excludes halogenated alkanes) is 1. The third-order valence-electron chi connectivity index (χ3n) is 2.67. The van der Waals surface area contributed by atoms with Crippen LogP contribution in [0.3, 0.4) is 0 Å². The first-order valence-electron chi connectivity index (χ1n) is 5.97. The number of nitrogens with one attached hydrogen (secondary N) is 1. The standard InChI is InChI=1S/C12H26N2O/c1-5-11(15)12(4,14-10(2)3)8-6-7-9-13/h10,14H,5-9,13H2,1-4H3. The van der Waals surface area contributed by atoms with Gasteiger partial charge in [0.25, 0.3) is 0 Å². The number of carbonyl (C=O) groups excluding carboxylic acids is 1.